The monoisotopic (exact) mass is 261 g/mol. The highest BCUT2D eigenvalue weighted by Crippen LogP contribution is 2.27. The molecule has 0 spiro atoms. The Balaban J connectivity index is 2.37. The molecule has 18 heavy (non-hydrogen) atoms. The first-order chi connectivity index (χ1) is 8.58. The molecule has 0 aliphatic carbocycles. The molecule has 0 saturated carbocycles. The fraction of sp³-hybridized carbons (Fsp3) is 0. The van der Waals surface area contributed by atoms with Gasteiger partial charge in [-0.1, -0.05) is 23.7 Å². The maximum Gasteiger partial charge on any atom is 0.250 e. The van der Waals surface area contributed by atoms with Gasteiger partial charge < -0.3 is 16.8 Å². The molecule has 5 N–H and O–H groups in total. The SMILES string of the molecule is NC(=O)c1ccccc1Nc1ccc(Cl)cc1N. The lowest BCUT2D eigenvalue weighted by Gasteiger charge is -2.12. The summed E-state index contributed by atoms with van der Waals surface area (Å²) in [6, 6.07) is 12.1. The summed E-state index contributed by atoms with van der Waals surface area (Å²) in [6.45, 7) is 0. The van der Waals surface area contributed by atoms with Crippen LogP contribution in [0.15, 0.2) is 42.5 Å². The number of carbonyl (C=O) groups is 1. The van der Waals surface area contributed by atoms with Crippen LogP contribution in [0.5, 0.6) is 0 Å². The third kappa shape index (κ3) is 2.55. The lowest BCUT2D eigenvalue weighted by Crippen LogP contribution is -2.13. The first-order valence-corrected chi connectivity index (χ1v) is 5.66. The molecule has 0 heterocycles. The maximum atomic E-state index is 11.3. The van der Waals surface area contributed by atoms with Crippen molar-refractivity contribution in [1.82, 2.24) is 0 Å². The minimum atomic E-state index is -0.495. The fourth-order valence-corrected chi connectivity index (χ4v) is 1.78. The van der Waals surface area contributed by atoms with Crippen molar-refractivity contribution < 1.29 is 4.79 Å². The molecule has 4 nitrogen and oxygen atoms in total. The quantitative estimate of drug-likeness (QED) is 0.743. The van der Waals surface area contributed by atoms with Gasteiger partial charge in [0.05, 0.1) is 22.6 Å². The summed E-state index contributed by atoms with van der Waals surface area (Å²) >= 11 is 5.82. The van der Waals surface area contributed by atoms with E-state index in [1.807, 2.05) is 0 Å². The third-order valence-electron chi connectivity index (χ3n) is 2.48. The third-order valence-corrected chi connectivity index (χ3v) is 2.71. The van der Waals surface area contributed by atoms with E-state index in [9.17, 15) is 4.79 Å². The fourth-order valence-electron chi connectivity index (χ4n) is 1.60. The summed E-state index contributed by atoms with van der Waals surface area (Å²) in [6.07, 6.45) is 0. The minimum absolute atomic E-state index is 0.409. The van der Waals surface area contributed by atoms with Crippen LogP contribution in [0.2, 0.25) is 5.02 Å². The Kier molecular flexibility index (Phi) is 3.39. The molecule has 92 valence electrons. The van der Waals surface area contributed by atoms with Crippen molar-refractivity contribution in [2.45, 2.75) is 0 Å². The van der Waals surface area contributed by atoms with Crippen molar-refractivity contribution in [3.8, 4) is 0 Å². The predicted octanol–water partition coefficient (Wildman–Crippen LogP) is 2.76. The van der Waals surface area contributed by atoms with E-state index < -0.39 is 5.91 Å². The average molecular weight is 262 g/mol. The molecule has 1 amide bonds. The summed E-state index contributed by atoms with van der Waals surface area (Å²) in [5, 5.41) is 3.62. The van der Waals surface area contributed by atoms with Gasteiger partial charge >= 0.3 is 0 Å². The molecule has 2 aromatic carbocycles. The molecule has 0 radical (unpaired) electrons. The number of hydrogen-bond acceptors (Lipinski definition) is 3. The second-order valence-electron chi connectivity index (χ2n) is 3.77. The molecule has 2 aromatic rings. The van der Waals surface area contributed by atoms with Crippen LogP contribution in [0, 0.1) is 0 Å². The number of primary amides is 1. The lowest BCUT2D eigenvalue weighted by atomic mass is 10.1. The zero-order valence-corrected chi connectivity index (χ0v) is 10.2. The first-order valence-electron chi connectivity index (χ1n) is 5.29. The highest BCUT2D eigenvalue weighted by atomic mass is 35.5. The molecule has 0 bridgehead atoms. The van der Waals surface area contributed by atoms with E-state index in [1.165, 1.54) is 0 Å². The van der Waals surface area contributed by atoms with Crippen molar-refractivity contribution in [2.24, 2.45) is 5.73 Å². The van der Waals surface area contributed by atoms with Gasteiger partial charge in [-0.05, 0) is 30.3 Å². The molecule has 0 unspecified atom stereocenters. The molecule has 0 fully saturated rings. The standard InChI is InChI=1S/C13H12ClN3O/c14-8-5-6-12(10(15)7-8)17-11-4-2-1-3-9(11)13(16)18/h1-7,17H,15H2,(H2,16,18). The second kappa shape index (κ2) is 4.98. The van der Waals surface area contributed by atoms with Gasteiger partial charge in [0.1, 0.15) is 0 Å². The van der Waals surface area contributed by atoms with Crippen LogP contribution in [-0.2, 0) is 0 Å². The number of nitrogens with one attached hydrogen (secondary N) is 1. The van der Waals surface area contributed by atoms with Crippen LogP contribution in [0.1, 0.15) is 10.4 Å². The molecule has 0 saturated heterocycles. The lowest BCUT2D eigenvalue weighted by molar-refractivity contribution is 0.100. The van der Waals surface area contributed by atoms with Crippen molar-refractivity contribution in [3.63, 3.8) is 0 Å². The van der Waals surface area contributed by atoms with Crippen LogP contribution in [0.4, 0.5) is 17.1 Å². The van der Waals surface area contributed by atoms with Gasteiger partial charge in [0, 0.05) is 5.02 Å². The number of anilines is 3. The molecule has 0 aliphatic rings. The predicted molar refractivity (Wildman–Crippen MR) is 74.1 cm³/mol. The molecule has 0 atom stereocenters. The van der Waals surface area contributed by atoms with Gasteiger partial charge in [-0.3, -0.25) is 4.79 Å². The van der Waals surface area contributed by atoms with Crippen LogP contribution in [0.25, 0.3) is 0 Å². The maximum absolute atomic E-state index is 11.3. The molecular formula is C13H12ClN3O. The van der Waals surface area contributed by atoms with Gasteiger partial charge in [0.2, 0.25) is 0 Å². The summed E-state index contributed by atoms with van der Waals surface area (Å²) in [5.41, 5.74) is 13.3. The van der Waals surface area contributed by atoms with E-state index in [1.54, 1.807) is 42.5 Å². The zero-order chi connectivity index (χ0) is 13.1. The number of halogens is 1. The van der Waals surface area contributed by atoms with Crippen molar-refractivity contribution in [2.75, 3.05) is 11.1 Å². The van der Waals surface area contributed by atoms with Crippen molar-refractivity contribution in [3.05, 3.63) is 53.1 Å². The number of carbonyl (C=O) groups excluding carboxylic acids is 1. The minimum Gasteiger partial charge on any atom is -0.397 e. The molecule has 0 aromatic heterocycles. The van der Waals surface area contributed by atoms with Gasteiger partial charge in [-0.15, -0.1) is 0 Å². The summed E-state index contributed by atoms with van der Waals surface area (Å²) in [7, 11) is 0. The summed E-state index contributed by atoms with van der Waals surface area (Å²) in [5.74, 6) is -0.495. The van der Waals surface area contributed by atoms with Crippen LogP contribution in [-0.4, -0.2) is 5.91 Å². The number of hydrogen-bond donors (Lipinski definition) is 3. The highest BCUT2D eigenvalue weighted by molar-refractivity contribution is 6.31. The largest absolute Gasteiger partial charge is 0.397 e. The molecular weight excluding hydrogens is 250 g/mol. The van der Waals surface area contributed by atoms with E-state index in [4.69, 9.17) is 23.1 Å². The Labute approximate surface area is 110 Å². The van der Waals surface area contributed by atoms with E-state index in [-0.39, 0.29) is 0 Å². The van der Waals surface area contributed by atoms with E-state index in [0.717, 1.165) is 0 Å². The Morgan fingerprint density at radius 3 is 2.50 bits per heavy atom. The number of para-hydroxylation sites is 1. The van der Waals surface area contributed by atoms with E-state index in [0.29, 0.717) is 27.6 Å². The summed E-state index contributed by atoms with van der Waals surface area (Å²) in [4.78, 5) is 11.3. The molecule has 5 heteroatoms. The number of nitrogens with two attached hydrogens (primary N) is 2. The van der Waals surface area contributed by atoms with Crippen LogP contribution >= 0.6 is 11.6 Å². The smallest absolute Gasteiger partial charge is 0.250 e. The van der Waals surface area contributed by atoms with Gasteiger partial charge in [0.15, 0.2) is 0 Å². The van der Waals surface area contributed by atoms with Crippen molar-refractivity contribution >= 4 is 34.6 Å². The topological polar surface area (TPSA) is 81.1 Å². The highest BCUT2D eigenvalue weighted by Gasteiger charge is 2.08. The normalized spacial score (nSPS) is 10.1. The Bertz CT molecular complexity index is 599. The average Bonchev–Trinajstić information content (AvgIpc) is 2.33. The van der Waals surface area contributed by atoms with Gasteiger partial charge in [-0.25, -0.2) is 0 Å². The Morgan fingerprint density at radius 2 is 1.83 bits per heavy atom. The number of rotatable bonds is 3. The number of nitrogen functional groups attached to an aromatic ring is 1. The first kappa shape index (κ1) is 12.3. The van der Waals surface area contributed by atoms with Gasteiger partial charge in [-0.2, -0.15) is 0 Å². The second-order valence-corrected chi connectivity index (χ2v) is 4.20. The van der Waals surface area contributed by atoms with Gasteiger partial charge in [0.25, 0.3) is 5.91 Å². The van der Waals surface area contributed by atoms with E-state index in [2.05, 4.69) is 5.32 Å². The van der Waals surface area contributed by atoms with Crippen LogP contribution < -0.4 is 16.8 Å². The Hall–Kier alpha value is -2.20. The zero-order valence-electron chi connectivity index (χ0n) is 9.48. The number of amides is 1. The van der Waals surface area contributed by atoms with Crippen molar-refractivity contribution in [1.29, 1.82) is 0 Å². The number of benzene rings is 2. The molecule has 2 rings (SSSR count). The Morgan fingerprint density at radius 1 is 1.11 bits per heavy atom. The molecule has 0 aliphatic heterocycles. The summed E-state index contributed by atoms with van der Waals surface area (Å²) < 4.78 is 0. The van der Waals surface area contributed by atoms with E-state index >= 15 is 0 Å². The van der Waals surface area contributed by atoms with Crippen LogP contribution in [0.3, 0.4) is 0 Å².